The topological polar surface area (TPSA) is 129 Å². The van der Waals surface area contributed by atoms with Crippen LogP contribution in [0.15, 0.2) is 61.2 Å². The average molecular weight is 453 g/mol. The molecule has 11 heteroatoms. The number of fused-ring (bicyclic) bond motifs is 1. The van der Waals surface area contributed by atoms with Crippen molar-refractivity contribution in [2.45, 2.75) is 19.6 Å². The lowest BCUT2D eigenvalue weighted by Crippen LogP contribution is -2.20. The standard InChI is InChI=1S/C23H19N9O2/c1-15(13-31-14-27-29-30-31)34-17-5-3-4-16(10-17)19-6-7-22-26-12-20(32(22)28-19)23-18(11-24)21(33-2)8-9-25-23/h3-10,12,14-15H,13H2,1-2H3. The van der Waals surface area contributed by atoms with Crippen LogP contribution in [0.5, 0.6) is 11.5 Å². The monoisotopic (exact) mass is 453 g/mol. The molecule has 1 atom stereocenters. The summed E-state index contributed by atoms with van der Waals surface area (Å²) in [5, 5.41) is 25.6. The number of nitriles is 1. The molecule has 0 aliphatic heterocycles. The zero-order valence-electron chi connectivity index (χ0n) is 18.4. The first-order valence-electron chi connectivity index (χ1n) is 10.4. The number of aromatic nitrogens is 8. The van der Waals surface area contributed by atoms with E-state index >= 15 is 0 Å². The summed E-state index contributed by atoms with van der Waals surface area (Å²) in [6.07, 6.45) is 4.65. The molecule has 4 heterocycles. The summed E-state index contributed by atoms with van der Waals surface area (Å²) in [5.74, 6) is 1.14. The highest BCUT2D eigenvalue weighted by atomic mass is 16.5. The van der Waals surface area contributed by atoms with Gasteiger partial charge in [0.15, 0.2) is 5.65 Å². The van der Waals surface area contributed by atoms with Gasteiger partial charge in [0, 0.05) is 11.8 Å². The number of rotatable bonds is 7. The van der Waals surface area contributed by atoms with Crippen LogP contribution < -0.4 is 9.47 Å². The number of ether oxygens (including phenoxy) is 2. The third-order valence-electron chi connectivity index (χ3n) is 5.15. The summed E-state index contributed by atoms with van der Waals surface area (Å²) >= 11 is 0. The number of nitrogens with zero attached hydrogens (tertiary/aromatic N) is 9. The quantitative estimate of drug-likeness (QED) is 0.365. The second-order valence-corrected chi connectivity index (χ2v) is 7.47. The van der Waals surface area contributed by atoms with Gasteiger partial charge in [0.05, 0.1) is 25.5 Å². The number of hydrogen-bond acceptors (Lipinski definition) is 9. The first-order valence-corrected chi connectivity index (χ1v) is 10.4. The molecule has 0 bridgehead atoms. The van der Waals surface area contributed by atoms with Crippen molar-refractivity contribution >= 4 is 5.65 Å². The Hall–Kier alpha value is -4.85. The zero-order chi connectivity index (χ0) is 23.5. The molecule has 0 saturated heterocycles. The Morgan fingerprint density at radius 1 is 1.15 bits per heavy atom. The van der Waals surface area contributed by atoms with Crippen molar-refractivity contribution in [1.82, 2.24) is 39.8 Å². The predicted molar refractivity (Wildman–Crippen MR) is 121 cm³/mol. The molecule has 0 radical (unpaired) electrons. The summed E-state index contributed by atoms with van der Waals surface area (Å²) < 4.78 is 14.7. The Bertz CT molecular complexity index is 1490. The van der Waals surface area contributed by atoms with Crippen LogP contribution >= 0.6 is 0 Å². The molecule has 1 aromatic carbocycles. The van der Waals surface area contributed by atoms with Crippen LogP contribution in [0.1, 0.15) is 12.5 Å². The highest BCUT2D eigenvalue weighted by Gasteiger charge is 2.17. The predicted octanol–water partition coefficient (Wildman–Crippen LogP) is 2.79. The van der Waals surface area contributed by atoms with Crippen molar-refractivity contribution < 1.29 is 9.47 Å². The zero-order valence-corrected chi connectivity index (χ0v) is 18.4. The minimum absolute atomic E-state index is 0.141. The Morgan fingerprint density at radius 3 is 2.85 bits per heavy atom. The first kappa shape index (κ1) is 21.0. The molecule has 5 rings (SSSR count). The lowest BCUT2D eigenvalue weighted by atomic mass is 10.1. The summed E-state index contributed by atoms with van der Waals surface area (Å²) in [5.41, 5.74) is 3.59. The van der Waals surface area contributed by atoms with Crippen molar-refractivity contribution in [2.75, 3.05) is 7.11 Å². The van der Waals surface area contributed by atoms with Crippen LogP contribution in [-0.2, 0) is 6.54 Å². The minimum Gasteiger partial charge on any atom is -0.495 e. The molecule has 0 fully saturated rings. The molecular formula is C23H19N9O2. The van der Waals surface area contributed by atoms with E-state index in [2.05, 4.69) is 31.6 Å². The Kier molecular flexibility index (Phi) is 5.53. The van der Waals surface area contributed by atoms with Gasteiger partial charge >= 0.3 is 0 Å². The summed E-state index contributed by atoms with van der Waals surface area (Å²) in [6, 6.07) is 15.2. The van der Waals surface area contributed by atoms with E-state index in [0.29, 0.717) is 46.3 Å². The van der Waals surface area contributed by atoms with Crippen LogP contribution in [0.3, 0.4) is 0 Å². The van der Waals surface area contributed by atoms with Crippen LogP contribution in [0.25, 0.3) is 28.3 Å². The number of imidazole rings is 1. The lowest BCUT2D eigenvalue weighted by Gasteiger charge is -2.15. The largest absolute Gasteiger partial charge is 0.495 e. The molecule has 0 amide bonds. The van der Waals surface area contributed by atoms with E-state index in [1.807, 2.05) is 43.3 Å². The van der Waals surface area contributed by atoms with Gasteiger partial charge in [-0.2, -0.15) is 10.4 Å². The maximum absolute atomic E-state index is 9.67. The Labute approximate surface area is 194 Å². The fourth-order valence-corrected chi connectivity index (χ4v) is 3.63. The average Bonchev–Trinajstić information content (AvgIpc) is 3.53. The smallest absolute Gasteiger partial charge is 0.154 e. The normalized spacial score (nSPS) is 11.8. The maximum atomic E-state index is 9.67. The number of methoxy groups -OCH3 is 1. The van der Waals surface area contributed by atoms with Gasteiger partial charge in [0.2, 0.25) is 0 Å². The molecule has 1 unspecified atom stereocenters. The molecule has 0 saturated carbocycles. The van der Waals surface area contributed by atoms with Crippen molar-refractivity contribution in [3.05, 3.63) is 66.7 Å². The number of hydrogen-bond donors (Lipinski definition) is 0. The number of benzene rings is 1. The molecule has 4 aromatic heterocycles. The Balaban J connectivity index is 1.48. The molecule has 0 spiro atoms. The van der Waals surface area contributed by atoms with Gasteiger partial charge < -0.3 is 9.47 Å². The van der Waals surface area contributed by atoms with E-state index in [9.17, 15) is 5.26 Å². The van der Waals surface area contributed by atoms with Gasteiger partial charge in [0.25, 0.3) is 0 Å². The van der Waals surface area contributed by atoms with Gasteiger partial charge in [-0.25, -0.2) is 14.2 Å². The maximum Gasteiger partial charge on any atom is 0.154 e. The molecule has 11 nitrogen and oxygen atoms in total. The van der Waals surface area contributed by atoms with Crippen LogP contribution in [0.4, 0.5) is 0 Å². The third kappa shape index (κ3) is 4.00. The van der Waals surface area contributed by atoms with Gasteiger partial charge in [-0.05, 0) is 47.7 Å². The fraction of sp³-hybridized carbons (Fsp3) is 0.174. The van der Waals surface area contributed by atoms with Crippen LogP contribution in [0, 0.1) is 11.3 Å². The number of tetrazole rings is 1. The third-order valence-corrected chi connectivity index (χ3v) is 5.15. The van der Waals surface area contributed by atoms with Gasteiger partial charge in [0.1, 0.15) is 47.0 Å². The second kappa shape index (κ2) is 8.95. The van der Waals surface area contributed by atoms with Crippen molar-refractivity contribution in [2.24, 2.45) is 0 Å². The van der Waals surface area contributed by atoms with Crippen molar-refractivity contribution in [3.63, 3.8) is 0 Å². The van der Waals surface area contributed by atoms with E-state index in [1.54, 1.807) is 34.0 Å². The summed E-state index contributed by atoms with van der Waals surface area (Å²) in [6.45, 7) is 2.47. The van der Waals surface area contributed by atoms with Crippen molar-refractivity contribution in [3.8, 4) is 40.2 Å². The fourth-order valence-electron chi connectivity index (χ4n) is 3.63. The molecule has 34 heavy (non-hydrogen) atoms. The van der Waals surface area contributed by atoms with E-state index in [4.69, 9.17) is 14.6 Å². The van der Waals surface area contributed by atoms with E-state index in [0.717, 1.165) is 5.56 Å². The summed E-state index contributed by atoms with van der Waals surface area (Å²) in [7, 11) is 1.52. The van der Waals surface area contributed by atoms with Gasteiger partial charge in [-0.1, -0.05) is 12.1 Å². The highest BCUT2D eigenvalue weighted by molar-refractivity contribution is 5.70. The Morgan fingerprint density at radius 2 is 2.06 bits per heavy atom. The molecule has 168 valence electrons. The van der Waals surface area contributed by atoms with Crippen molar-refractivity contribution in [1.29, 1.82) is 5.26 Å². The van der Waals surface area contributed by atoms with E-state index in [-0.39, 0.29) is 6.10 Å². The minimum atomic E-state index is -0.141. The van der Waals surface area contributed by atoms with Gasteiger partial charge in [-0.15, -0.1) is 5.10 Å². The lowest BCUT2D eigenvalue weighted by molar-refractivity contribution is 0.193. The first-order chi connectivity index (χ1) is 16.7. The SMILES string of the molecule is COc1ccnc(-c2cnc3ccc(-c4cccc(OC(C)Cn5cnnn5)c4)nn23)c1C#N. The van der Waals surface area contributed by atoms with Crippen LogP contribution in [-0.4, -0.2) is 53.0 Å². The molecule has 0 aliphatic rings. The highest BCUT2D eigenvalue weighted by Crippen LogP contribution is 2.29. The van der Waals surface area contributed by atoms with E-state index in [1.165, 1.54) is 7.11 Å². The molecular weight excluding hydrogens is 434 g/mol. The number of pyridine rings is 1. The van der Waals surface area contributed by atoms with Crippen LogP contribution in [0.2, 0.25) is 0 Å². The molecule has 0 aliphatic carbocycles. The van der Waals surface area contributed by atoms with Gasteiger partial charge in [-0.3, -0.25) is 4.98 Å². The molecule has 5 aromatic rings. The second-order valence-electron chi connectivity index (χ2n) is 7.47. The van der Waals surface area contributed by atoms with E-state index < -0.39 is 0 Å². The summed E-state index contributed by atoms with van der Waals surface area (Å²) in [4.78, 5) is 8.81. The molecule has 0 N–H and O–H groups in total.